The Bertz CT molecular complexity index is 430. The van der Waals surface area contributed by atoms with Crippen molar-refractivity contribution in [2.75, 3.05) is 6.61 Å². The Hall–Kier alpha value is -1.60. The summed E-state index contributed by atoms with van der Waals surface area (Å²) in [5, 5.41) is 17.2. The molecule has 0 fully saturated rings. The lowest BCUT2D eigenvalue weighted by Gasteiger charge is -2.07. The molecule has 0 saturated heterocycles. The number of nitrogens with zero attached hydrogens (tertiary/aromatic N) is 2. The molecular formula is C10H13BN2O4. The average Bonchev–Trinajstić information content (AvgIpc) is 2.59. The molecule has 0 spiro atoms. The third-order valence-electron chi connectivity index (χ3n) is 2.16. The highest BCUT2D eigenvalue weighted by molar-refractivity contribution is 6.33. The summed E-state index contributed by atoms with van der Waals surface area (Å²) in [6, 6.07) is 3.22. The van der Waals surface area contributed by atoms with Crippen molar-refractivity contribution in [3.05, 3.63) is 24.0 Å². The standard InChI is InChI=1S/C10H13BN2O4/c1-10(2)6-16-9(13-10)8-4-3-7(5-12-8)17-11(14)15/h3-5,14-15H,6H2,1-2H3. The monoisotopic (exact) mass is 236 g/mol. The van der Waals surface area contributed by atoms with Crippen LogP contribution in [0, 0.1) is 0 Å². The minimum Gasteiger partial charge on any atom is -0.511 e. The van der Waals surface area contributed by atoms with E-state index in [1.807, 2.05) is 13.8 Å². The molecule has 1 aliphatic rings. The number of aliphatic imine (C=N–C) groups is 1. The predicted octanol–water partition coefficient (Wildman–Crippen LogP) is -0.0147. The largest absolute Gasteiger partial charge is 0.707 e. The fourth-order valence-electron chi connectivity index (χ4n) is 1.41. The van der Waals surface area contributed by atoms with Gasteiger partial charge in [0.25, 0.3) is 0 Å². The van der Waals surface area contributed by atoms with Crippen molar-refractivity contribution in [2.24, 2.45) is 4.99 Å². The molecule has 0 aromatic carbocycles. The molecule has 1 aliphatic heterocycles. The zero-order valence-electron chi connectivity index (χ0n) is 9.62. The number of rotatable bonds is 3. The van der Waals surface area contributed by atoms with E-state index < -0.39 is 7.32 Å². The predicted molar refractivity (Wildman–Crippen MR) is 61.6 cm³/mol. The van der Waals surface area contributed by atoms with Crippen LogP contribution in [-0.4, -0.2) is 40.4 Å². The van der Waals surface area contributed by atoms with Crippen molar-refractivity contribution in [2.45, 2.75) is 19.4 Å². The molecule has 0 bridgehead atoms. The first kappa shape index (κ1) is 11.9. The Morgan fingerprint density at radius 2 is 2.18 bits per heavy atom. The van der Waals surface area contributed by atoms with E-state index in [9.17, 15) is 0 Å². The number of hydrogen-bond acceptors (Lipinski definition) is 6. The van der Waals surface area contributed by atoms with E-state index in [0.29, 0.717) is 18.2 Å². The lowest BCUT2D eigenvalue weighted by atomic mass is 10.1. The second-order valence-corrected chi connectivity index (χ2v) is 4.34. The normalized spacial score (nSPS) is 17.3. The highest BCUT2D eigenvalue weighted by Crippen LogP contribution is 2.20. The van der Waals surface area contributed by atoms with Gasteiger partial charge >= 0.3 is 7.32 Å². The van der Waals surface area contributed by atoms with Gasteiger partial charge in [-0.15, -0.1) is 0 Å². The van der Waals surface area contributed by atoms with E-state index in [0.717, 1.165) is 0 Å². The maximum Gasteiger partial charge on any atom is 0.707 e. The Morgan fingerprint density at radius 3 is 2.65 bits per heavy atom. The first-order valence-corrected chi connectivity index (χ1v) is 5.18. The SMILES string of the molecule is CC1(C)COC(c2ccc(OB(O)O)cn2)=N1. The first-order valence-electron chi connectivity index (χ1n) is 5.18. The third kappa shape index (κ3) is 2.95. The topological polar surface area (TPSA) is 84.2 Å². The Labute approximate surface area is 99.1 Å². The van der Waals surface area contributed by atoms with Crippen molar-refractivity contribution >= 4 is 13.2 Å². The number of ether oxygens (including phenoxy) is 1. The van der Waals surface area contributed by atoms with E-state index in [2.05, 4.69) is 14.6 Å². The van der Waals surface area contributed by atoms with E-state index >= 15 is 0 Å². The molecule has 1 aromatic heterocycles. The summed E-state index contributed by atoms with van der Waals surface area (Å²) >= 11 is 0. The smallest absolute Gasteiger partial charge is 0.511 e. The minimum absolute atomic E-state index is 0.229. The van der Waals surface area contributed by atoms with Crippen molar-refractivity contribution < 1.29 is 19.4 Å². The van der Waals surface area contributed by atoms with Gasteiger partial charge < -0.3 is 19.4 Å². The van der Waals surface area contributed by atoms with Gasteiger partial charge in [0.2, 0.25) is 5.90 Å². The third-order valence-corrected chi connectivity index (χ3v) is 2.16. The molecule has 0 unspecified atom stereocenters. The Morgan fingerprint density at radius 1 is 1.41 bits per heavy atom. The molecule has 0 atom stereocenters. The van der Waals surface area contributed by atoms with Gasteiger partial charge in [-0.25, -0.2) is 9.98 Å². The summed E-state index contributed by atoms with van der Waals surface area (Å²) in [5.41, 5.74) is 0.364. The molecule has 7 heteroatoms. The Balaban J connectivity index is 2.14. The summed E-state index contributed by atoms with van der Waals surface area (Å²) in [6.07, 6.45) is 1.38. The van der Waals surface area contributed by atoms with Gasteiger partial charge in [0.1, 0.15) is 18.1 Å². The van der Waals surface area contributed by atoms with Crippen LogP contribution in [0.3, 0.4) is 0 Å². The molecule has 90 valence electrons. The maximum atomic E-state index is 8.61. The summed E-state index contributed by atoms with van der Waals surface area (Å²) in [5.74, 6) is 0.757. The molecule has 2 N–H and O–H groups in total. The summed E-state index contributed by atoms with van der Waals surface area (Å²) < 4.78 is 10.1. The van der Waals surface area contributed by atoms with E-state index in [-0.39, 0.29) is 11.3 Å². The zero-order chi connectivity index (χ0) is 12.5. The van der Waals surface area contributed by atoms with Crippen LogP contribution >= 0.6 is 0 Å². The van der Waals surface area contributed by atoms with Crippen LogP contribution in [0.5, 0.6) is 5.75 Å². The molecule has 1 aromatic rings. The van der Waals surface area contributed by atoms with Crippen LogP contribution in [0.25, 0.3) is 0 Å². The van der Waals surface area contributed by atoms with Crippen molar-refractivity contribution in [3.63, 3.8) is 0 Å². The van der Waals surface area contributed by atoms with Crippen LogP contribution < -0.4 is 4.65 Å². The Kier molecular flexibility index (Phi) is 3.04. The van der Waals surface area contributed by atoms with Crippen LogP contribution in [0.15, 0.2) is 23.3 Å². The average molecular weight is 236 g/mol. The lowest BCUT2D eigenvalue weighted by molar-refractivity contribution is 0.278. The molecule has 0 amide bonds. The molecule has 0 saturated carbocycles. The fourth-order valence-corrected chi connectivity index (χ4v) is 1.41. The van der Waals surface area contributed by atoms with Gasteiger partial charge in [-0.1, -0.05) is 0 Å². The molecule has 17 heavy (non-hydrogen) atoms. The van der Waals surface area contributed by atoms with Gasteiger partial charge in [-0.2, -0.15) is 0 Å². The van der Waals surface area contributed by atoms with Crippen LogP contribution in [0.2, 0.25) is 0 Å². The van der Waals surface area contributed by atoms with Crippen molar-refractivity contribution in [1.29, 1.82) is 0 Å². The van der Waals surface area contributed by atoms with Gasteiger partial charge in [-0.3, -0.25) is 0 Å². The summed E-state index contributed by atoms with van der Waals surface area (Å²) in [7, 11) is -1.85. The number of aromatic nitrogens is 1. The van der Waals surface area contributed by atoms with E-state index in [1.54, 1.807) is 12.1 Å². The van der Waals surface area contributed by atoms with Gasteiger partial charge in [0.15, 0.2) is 0 Å². The summed E-state index contributed by atoms with van der Waals surface area (Å²) in [4.78, 5) is 8.45. The molecule has 6 nitrogen and oxygen atoms in total. The van der Waals surface area contributed by atoms with Gasteiger partial charge in [0, 0.05) is 0 Å². The highest BCUT2D eigenvalue weighted by atomic mass is 16.6. The highest BCUT2D eigenvalue weighted by Gasteiger charge is 2.27. The first-order chi connectivity index (χ1) is 7.96. The van der Waals surface area contributed by atoms with E-state index in [1.165, 1.54) is 6.20 Å². The summed E-state index contributed by atoms with van der Waals surface area (Å²) in [6.45, 7) is 4.47. The molecule has 2 rings (SSSR count). The van der Waals surface area contributed by atoms with Gasteiger partial charge in [-0.05, 0) is 26.0 Å². The van der Waals surface area contributed by atoms with Crippen LogP contribution in [0.1, 0.15) is 19.5 Å². The molecular weight excluding hydrogens is 223 g/mol. The van der Waals surface area contributed by atoms with Crippen molar-refractivity contribution in [3.8, 4) is 5.75 Å². The van der Waals surface area contributed by atoms with Crippen LogP contribution in [-0.2, 0) is 4.74 Å². The minimum atomic E-state index is -1.85. The zero-order valence-corrected chi connectivity index (χ0v) is 9.62. The van der Waals surface area contributed by atoms with Gasteiger partial charge in [0.05, 0.1) is 11.7 Å². The molecule has 0 radical (unpaired) electrons. The number of hydrogen-bond donors (Lipinski definition) is 2. The second kappa shape index (κ2) is 4.35. The molecule has 0 aliphatic carbocycles. The molecule has 2 heterocycles. The van der Waals surface area contributed by atoms with E-state index in [4.69, 9.17) is 14.8 Å². The lowest BCUT2D eigenvalue weighted by Crippen LogP contribution is -2.20. The maximum absolute atomic E-state index is 8.61. The quantitative estimate of drug-likeness (QED) is 0.720. The van der Waals surface area contributed by atoms with Crippen molar-refractivity contribution in [1.82, 2.24) is 4.98 Å². The second-order valence-electron chi connectivity index (χ2n) is 4.34. The fraction of sp³-hybridized carbons (Fsp3) is 0.400. The number of pyridine rings is 1. The van der Waals surface area contributed by atoms with Crippen LogP contribution in [0.4, 0.5) is 0 Å².